The van der Waals surface area contributed by atoms with Gasteiger partial charge in [0.15, 0.2) is 9.84 Å². The van der Waals surface area contributed by atoms with Crippen LogP contribution < -0.4 is 0 Å². The molecule has 1 aromatic heterocycles. The molecule has 2 fully saturated rings. The van der Waals surface area contributed by atoms with Crippen molar-refractivity contribution in [1.29, 1.82) is 0 Å². The first-order valence-corrected chi connectivity index (χ1v) is 9.73. The normalized spacial score (nSPS) is 31.0. The Morgan fingerprint density at radius 1 is 1.37 bits per heavy atom. The first-order chi connectivity index (χ1) is 9.08. The zero-order valence-electron chi connectivity index (χ0n) is 10.7. The molecule has 0 bridgehead atoms. The molecule has 1 aliphatic heterocycles. The zero-order chi connectivity index (χ0) is 13.5. The second-order valence-electron chi connectivity index (χ2n) is 5.42. The predicted molar refractivity (Wildman–Crippen MR) is 79.6 cm³/mol. The fourth-order valence-corrected chi connectivity index (χ4v) is 6.52. The summed E-state index contributed by atoms with van der Waals surface area (Å²) < 4.78 is 24.4. The molecule has 0 aromatic carbocycles. The second-order valence-corrected chi connectivity index (χ2v) is 9.17. The van der Waals surface area contributed by atoms with Crippen LogP contribution in [0.5, 0.6) is 0 Å². The van der Waals surface area contributed by atoms with Gasteiger partial charge in [0, 0.05) is 24.0 Å². The van der Waals surface area contributed by atoms with E-state index in [4.69, 9.17) is 11.6 Å². The summed E-state index contributed by atoms with van der Waals surface area (Å²) in [5.41, 5.74) is 0. The maximum Gasteiger partial charge on any atom is 0.155 e. The third kappa shape index (κ3) is 2.71. The van der Waals surface area contributed by atoms with Crippen LogP contribution in [-0.2, 0) is 16.4 Å². The molecule has 0 spiro atoms. The average molecular weight is 320 g/mol. The lowest BCUT2D eigenvalue weighted by Crippen LogP contribution is -2.55. The summed E-state index contributed by atoms with van der Waals surface area (Å²) >= 11 is 7.82. The molecule has 3 nitrogen and oxygen atoms in total. The standard InChI is InChI=1S/C13H18ClNO2S2/c14-10-5-7-18-12(10)9-15-6-8-19(16,17)13-4-2-1-3-11(13)15/h5,7,11,13H,1-4,6,8-9H2/t11-,13+/m0/s1. The lowest BCUT2D eigenvalue weighted by molar-refractivity contribution is 0.150. The number of rotatable bonds is 2. The first kappa shape index (κ1) is 13.9. The van der Waals surface area contributed by atoms with E-state index in [1.54, 1.807) is 11.3 Å². The molecule has 0 unspecified atom stereocenters. The molecule has 3 rings (SSSR count). The van der Waals surface area contributed by atoms with E-state index in [-0.39, 0.29) is 11.3 Å². The summed E-state index contributed by atoms with van der Waals surface area (Å²) in [6, 6.07) is 2.12. The molecule has 1 saturated heterocycles. The number of hydrogen-bond donors (Lipinski definition) is 0. The number of sulfone groups is 1. The van der Waals surface area contributed by atoms with Gasteiger partial charge in [0.1, 0.15) is 0 Å². The van der Waals surface area contributed by atoms with E-state index in [2.05, 4.69) is 4.90 Å². The van der Waals surface area contributed by atoms with Crippen molar-refractivity contribution in [3.63, 3.8) is 0 Å². The summed E-state index contributed by atoms with van der Waals surface area (Å²) in [6.07, 6.45) is 4.04. The molecule has 6 heteroatoms. The zero-order valence-corrected chi connectivity index (χ0v) is 13.1. The van der Waals surface area contributed by atoms with Gasteiger partial charge in [-0.15, -0.1) is 11.3 Å². The Balaban J connectivity index is 1.81. The summed E-state index contributed by atoms with van der Waals surface area (Å²) in [7, 11) is -2.88. The van der Waals surface area contributed by atoms with Crippen molar-refractivity contribution in [2.24, 2.45) is 0 Å². The van der Waals surface area contributed by atoms with Crippen LogP contribution >= 0.6 is 22.9 Å². The third-order valence-corrected chi connectivity index (χ3v) is 7.89. The highest BCUT2D eigenvalue weighted by atomic mass is 35.5. The van der Waals surface area contributed by atoms with E-state index in [0.29, 0.717) is 12.3 Å². The quantitative estimate of drug-likeness (QED) is 0.841. The van der Waals surface area contributed by atoms with E-state index in [9.17, 15) is 8.42 Å². The van der Waals surface area contributed by atoms with Gasteiger partial charge >= 0.3 is 0 Å². The van der Waals surface area contributed by atoms with Crippen LogP contribution in [-0.4, -0.2) is 36.9 Å². The molecule has 1 aliphatic carbocycles. The van der Waals surface area contributed by atoms with Gasteiger partial charge < -0.3 is 0 Å². The number of thiophene rings is 1. The highest BCUT2D eigenvalue weighted by Gasteiger charge is 2.42. The molecular formula is C13H18ClNO2S2. The second kappa shape index (κ2) is 5.35. The Kier molecular flexibility index (Phi) is 3.91. The highest BCUT2D eigenvalue weighted by Crippen LogP contribution is 2.34. The summed E-state index contributed by atoms with van der Waals surface area (Å²) in [4.78, 5) is 3.49. The first-order valence-electron chi connectivity index (χ1n) is 6.75. The van der Waals surface area contributed by atoms with Crippen molar-refractivity contribution in [2.75, 3.05) is 12.3 Å². The van der Waals surface area contributed by atoms with Crippen LogP contribution in [0.3, 0.4) is 0 Å². The summed E-state index contributed by atoms with van der Waals surface area (Å²) in [5, 5.41) is 2.66. The van der Waals surface area contributed by atoms with Gasteiger partial charge in [-0.3, -0.25) is 4.90 Å². The van der Waals surface area contributed by atoms with Gasteiger partial charge in [-0.1, -0.05) is 24.4 Å². The average Bonchev–Trinajstić information content (AvgIpc) is 2.79. The van der Waals surface area contributed by atoms with Crippen LogP contribution in [0.15, 0.2) is 11.4 Å². The van der Waals surface area contributed by atoms with Crippen molar-refractivity contribution in [1.82, 2.24) is 4.90 Å². The Hall–Kier alpha value is -0.100. The number of fused-ring (bicyclic) bond motifs is 1. The molecule has 1 aromatic rings. The lowest BCUT2D eigenvalue weighted by Gasteiger charge is -2.43. The number of halogens is 1. The Morgan fingerprint density at radius 3 is 2.89 bits per heavy atom. The van der Waals surface area contributed by atoms with Crippen LogP contribution in [0.25, 0.3) is 0 Å². The van der Waals surface area contributed by atoms with Gasteiger partial charge in [0.25, 0.3) is 0 Å². The number of hydrogen-bond acceptors (Lipinski definition) is 4. The number of nitrogens with zero attached hydrogens (tertiary/aromatic N) is 1. The van der Waals surface area contributed by atoms with Crippen molar-refractivity contribution >= 4 is 32.8 Å². The van der Waals surface area contributed by atoms with Crippen molar-refractivity contribution in [2.45, 2.75) is 43.5 Å². The molecule has 19 heavy (non-hydrogen) atoms. The van der Waals surface area contributed by atoms with Crippen LogP contribution in [0.4, 0.5) is 0 Å². The molecule has 2 heterocycles. The monoisotopic (exact) mass is 319 g/mol. The van der Waals surface area contributed by atoms with Gasteiger partial charge in [0.05, 0.1) is 16.0 Å². The van der Waals surface area contributed by atoms with E-state index < -0.39 is 9.84 Å². The fourth-order valence-electron chi connectivity index (χ4n) is 3.29. The Bertz CT molecular complexity index is 555. The minimum absolute atomic E-state index is 0.145. The Labute approximate surface area is 123 Å². The van der Waals surface area contributed by atoms with Gasteiger partial charge in [0.2, 0.25) is 0 Å². The van der Waals surface area contributed by atoms with E-state index in [0.717, 1.165) is 42.1 Å². The van der Waals surface area contributed by atoms with Gasteiger partial charge in [-0.25, -0.2) is 8.42 Å². The van der Waals surface area contributed by atoms with Crippen LogP contribution in [0.1, 0.15) is 30.6 Å². The minimum Gasteiger partial charge on any atom is -0.293 e. The van der Waals surface area contributed by atoms with Crippen molar-refractivity contribution < 1.29 is 8.42 Å². The highest BCUT2D eigenvalue weighted by molar-refractivity contribution is 7.92. The topological polar surface area (TPSA) is 37.4 Å². The molecule has 2 aliphatic rings. The smallest absolute Gasteiger partial charge is 0.155 e. The Morgan fingerprint density at radius 2 is 2.16 bits per heavy atom. The van der Waals surface area contributed by atoms with Gasteiger partial charge in [-0.05, 0) is 24.3 Å². The molecule has 106 valence electrons. The molecule has 0 radical (unpaired) electrons. The van der Waals surface area contributed by atoms with Crippen molar-refractivity contribution in [3.05, 3.63) is 21.3 Å². The maximum atomic E-state index is 12.2. The summed E-state index contributed by atoms with van der Waals surface area (Å²) in [5.74, 6) is 0.303. The molecule has 1 saturated carbocycles. The molecular weight excluding hydrogens is 302 g/mol. The largest absolute Gasteiger partial charge is 0.293 e. The van der Waals surface area contributed by atoms with E-state index in [1.165, 1.54) is 0 Å². The third-order valence-electron chi connectivity index (χ3n) is 4.30. The van der Waals surface area contributed by atoms with Crippen molar-refractivity contribution in [3.8, 4) is 0 Å². The lowest BCUT2D eigenvalue weighted by atomic mass is 9.93. The van der Waals surface area contributed by atoms with Crippen LogP contribution in [0, 0.1) is 0 Å². The van der Waals surface area contributed by atoms with E-state index in [1.807, 2.05) is 11.4 Å². The van der Waals surface area contributed by atoms with Gasteiger partial charge in [-0.2, -0.15) is 0 Å². The SMILES string of the molecule is O=S1(=O)CCN(Cc2sccc2Cl)[C@H]2CCCC[C@H]21. The molecule has 0 amide bonds. The predicted octanol–water partition coefficient (Wildman–Crippen LogP) is 2.94. The minimum atomic E-state index is -2.88. The molecule has 2 atom stereocenters. The maximum absolute atomic E-state index is 12.2. The van der Waals surface area contributed by atoms with E-state index >= 15 is 0 Å². The summed E-state index contributed by atoms with van der Waals surface area (Å²) in [6.45, 7) is 1.45. The molecule has 0 N–H and O–H groups in total. The van der Waals surface area contributed by atoms with Crippen LogP contribution in [0.2, 0.25) is 5.02 Å². The fraction of sp³-hybridized carbons (Fsp3) is 0.692.